The molecule has 0 saturated carbocycles. The van der Waals surface area contributed by atoms with Crippen molar-refractivity contribution in [2.45, 2.75) is 25.9 Å². The Labute approximate surface area is 191 Å². The van der Waals surface area contributed by atoms with Crippen LogP contribution in [0.5, 0.6) is 0 Å². The molecule has 8 nitrogen and oxygen atoms in total. The molecule has 1 saturated heterocycles. The minimum absolute atomic E-state index is 0.202. The van der Waals surface area contributed by atoms with E-state index in [9.17, 15) is 9.90 Å². The number of pyridine rings is 3. The fourth-order valence-electron chi connectivity index (χ4n) is 4.19. The molecule has 8 heteroatoms. The zero-order chi connectivity index (χ0) is 22.9. The van der Waals surface area contributed by atoms with Gasteiger partial charge in [-0.2, -0.15) is 0 Å². The normalized spacial score (nSPS) is 14.5. The molecule has 5 N–H and O–H groups in total. The number of fused-ring (bicyclic) bond motifs is 1. The third kappa shape index (κ3) is 4.25. The second-order valence-electron chi connectivity index (χ2n) is 8.44. The van der Waals surface area contributed by atoms with E-state index in [1.54, 1.807) is 12.4 Å². The minimum Gasteiger partial charge on any atom is -0.393 e. The number of aromatic amines is 1. The molecule has 1 aliphatic heterocycles. The number of nitrogen functional groups attached to an aromatic ring is 1. The van der Waals surface area contributed by atoms with E-state index in [0.29, 0.717) is 22.7 Å². The highest BCUT2D eigenvalue weighted by atomic mass is 16.3. The van der Waals surface area contributed by atoms with Gasteiger partial charge < -0.3 is 26.0 Å². The van der Waals surface area contributed by atoms with Gasteiger partial charge in [0.15, 0.2) is 0 Å². The van der Waals surface area contributed by atoms with Gasteiger partial charge in [-0.15, -0.1) is 0 Å². The van der Waals surface area contributed by atoms with Crippen LogP contribution in [0.15, 0.2) is 59.7 Å². The fraction of sp³-hybridized carbons (Fsp3) is 0.240. The van der Waals surface area contributed by atoms with Crippen molar-refractivity contribution in [3.8, 4) is 11.3 Å². The van der Waals surface area contributed by atoms with Crippen molar-refractivity contribution in [3.63, 3.8) is 0 Å². The van der Waals surface area contributed by atoms with Gasteiger partial charge in [0.25, 0.3) is 5.56 Å². The predicted octanol–water partition coefficient (Wildman–Crippen LogP) is 3.58. The molecule has 4 aromatic rings. The number of H-pyrrole nitrogens is 1. The van der Waals surface area contributed by atoms with Gasteiger partial charge in [0, 0.05) is 42.4 Å². The summed E-state index contributed by atoms with van der Waals surface area (Å²) in [6.45, 7) is 3.58. The van der Waals surface area contributed by atoms with Crippen molar-refractivity contribution in [1.82, 2.24) is 15.0 Å². The highest BCUT2D eigenvalue weighted by Gasteiger charge is 2.17. The lowest BCUT2D eigenvalue weighted by Crippen LogP contribution is -2.35. The number of piperidine rings is 1. The number of aliphatic hydroxyl groups is 1. The first-order valence-corrected chi connectivity index (χ1v) is 11.0. The lowest BCUT2D eigenvalue weighted by atomic mass is 10.1. The Kier molecular flexibility index (Phi) is 5.43. The summed E-state index contributed by atoms with van der Waals surface area (Å²) in [5.74, 6) is 0.963. The van der Waals surface area contributed by atoms with Crippen LogP contribution in [0.3, 0.4) is 0 Å². The number of hydrogen-bond donors (Lipinski definition) is 4. The number of anilines is 4. The van der Waals surface area contributed by atoms with Crippen LogP contribution in [0.1, 0.15) is 18.4 Å². The first-order chi connectivity index (χ1) is 16.0. The number of aliphatic hydroxyl groups excluding tert-OH is 1. The van der Waals surface area contributed by atoms with Gasteiger partial charge in [0.1, 0.15) is 11.6 Å². The van der Waals surface area contributed by atoms with Crippen LogP contribution in [-0.4, -0.2) is 39.3 Å². The average Bonchev–Trinajstić information content (AvgIpc) is 2.82. The number of hydrogen-bond acceptors (Lipinski definition) is 7. The number of aryl methyl sites for hydroxylation is 1. The summed E-state index contributed by atoms with van der Waals surface area (Å²) >= 11 is 0. The maximum Gasteiger partial charge on any atom is 0.259 e. The molecule has 0 atom stereocenters. The number of nitrogens with zero attached hydrogens (tertiary/aromatic N) is 3. The summed E-state index contributed by atoms with van der Waals surface area (Å²) in [6.07, 6.45) is 4.69. The SMILES string of the molecule is Cc1cc(-c2cc3cc[nH]c(=O)c3c(Nc3ccc(N4CCC(O)CC4)cc3)n2)cnc1N. The van der Waals surface area contributed by atoms with E-state index in [-0.39, 0.29) is 11.7 Å². The van der Waals surface area contributed by atoms with Gasteiger partial charge in [-0.3, -0.25) is 4.79 Å². The maximum absolute atomic E-state index is 12.6. The van der Waals surface area contributed by atoms with Crippen molar-refractivity contribution in [2.75, 3.05) is 29.0 Å². The molecule has 1 aliphatic rings. The molecule has 1 fully saturated rings. The minimum atomic E-state index is -0.204. The van der Waals surface area contributed by atoms with Gasteiger partial charge in [0.05, 0.1) is 17.2 Å². The van der Waals surface area contributed by atoms with Crippen LogP contribution < -0.4 is 21.5 Å². The summed E-state index contributed by atoms with van der Waals surface area (Å²) < 4.78 is 0. The monoisotopic (exact) mass is 442 g/mol. The molecule has 3 aromatic heterocycles. The van der Waals surface area contributed by atoms with Crippen LogP contribution in [-0.2, 0) is 0 Å². The molecule has 0 bridgehead atoms. The quantitative estimate of drug-likeness (QED) is 0.381. The lowest BCUT2D eigenvalue weighted by Gasteiger charge is -2.31. The topological polar surface area (TPSA) is 120 Å². The van der Waals surface area contributed by atoms with Crippen LogP contribution in [0, 0.1) is 6.92 Å². The summed E-state index contributed by atoms with van der Waals surface area (Å²) in [5, 5.41) is 14.3. The highest BCUT2D eigenvalue weighted by molar-refractivity contribution is 5.95. The summed E-state index contributed by atoms with van der Waals surface area (Å²) in [6, 6.07) is 13.7. The van der Waals surface area contributed by atoms with E-state index in [1.807, 2.05) is 49.4 Å². The van der Waals surface area contributed by atoms with Crippen LogP contribution in [0.25, 0.3) is 22.0 Å². The molecule has 168 valence electrons. The molecule has 33 heavy (non-hydrogen) atoms. The maximum atomic E-state index is 12.6. The Balaban J connectivity index is 1.50. The highest BCUT2D eigenvalue weighted by Crippen LogP contribution is 2.29. The van der Waals surface area contributed by atoms with E-state index in [1.165, 1.54) is 0 Å². The van der Waals surface area contributed by atoms with E-state index in [2.05, 4.69) is 20.2 Å². The zero-order valence-electron chi connectivity index (χ0n) is 18.4. The molecule has 5 rings (SSSR count). The summed E-state index contributed by atoms with van der Waals surface area (Å²) in [7, 11) is 0. The summed E-state index contributed by atoms with van der Waals surface area (Å²) in [5.41, 5.74) is 10.0. The van der Waals surface area contributed by atoms with Crippen LogP contribution >= 0.6 is 0 Å². The largest absolute Gasteiger partial charge is 0.393 e. The fourth-order valence-corrected chi connectivity index (χ4v) is 4.19. The van der Waals surface area contributed by atoms with Gasteiger partial charge in [-0.05, 0) is 73.2 Å². The van der Waals surface area contributed by atoms with Crippen molar-refractivity contribution < 1.29 is 5.11 Å². The molecule has 0 aliphatic carbocycles. The third-order valence-corrected chi connectivity index (χ3v) is 6.13. The van der Waals surface area contributed by atoms with Crippen LogP contribution in [0.2, 0.25) is 0 Å². The predicted molar refractivity (Wildman–Crippen MR) is 132 cm³/mol. The van der Waals surface area contributed by atoms with E-state index in [0.717, 1.165) is 53.8 Å². The lowest BCUT2D eigenvalue weighted by molar-refractivity contribution is 0.145. The van der Waals surface area contributed by atoms with Crippen molar-refractivity contribution >= 4 is 33.8 Å². The molecular weight excluding hydrogens is 416 g/mol. The Morgan fingerprint density at radius 3 is 2.64 bits per heavy atom. The number of aromatic nitrogens is 3. The molecule has 0 radical (unpaired) electrons. The first kappa shape index (κ1) is 21.0. The number of benzene rings is 1. The second-order valence-corrected chi connectivity index (χ2v) is 8.44. The van der Waals surface area contributed by atoms with Gasteiger partial charge in [-0.1, -0.05) is 0 Å². The number of nitrogens with one attached hydrogen (secondary N) is 2. The number of nitrogens with two attached hydrogens (primary N) is 1. The van der Waals surface area contributed by atoms with Crippen LogP contribution in [0.4, 0.5) is 23.0 Å². The average molecular weight is 443 g/mol. The smallest absolute Gasteiger partial charge is 0.259 e. The molecule has 1 aromatic carbocycles. The molecule has 0 amide bonds. The molecule has 4 heterocycles. The standard InChI is InChI=1S/C25H26N6O2/c1-15-12-17(14-28-23(15)26)21-13-16-6-9-27-25(33)22(16)24(30-21)29-18-2-4-19(5-3-18)31-10-7-20(32)8-11-31/h2-6,9,12-14,20,32H,7-8,10-11H2,1H3,(H2,26,28)(H,27,33)(H,29,30). The summed E-state index contributed by atoms with van der Waals surface area (Å²) in [4.78, 5) is 26.7. The molecular formula is C25H26N6O2. The van der Waals surface area contributed by atoms with Crippen molar-refractivity contribution in [3.05, 3.63) is 70.8 Å². The Bertz CT molecular complexity index is 1360. The van der Waals surface area contributed by atoms with Gasteiger partial charge in [-0.25, -0.2) is 9.97 Å². The Morgan fingerprint density at radius 2 is 1.91 bits per heavy atom. The number of rotatable bonds is 4. The Hall–Kier alpha value is -3.91. The third-order valence-electron chi connectivity index (χ3n) is 6.13. The Morgan fingerprint density at radius 1 is 1.15 bits per heavy atom. The first-order valence-electron chi connectivity index (χ1n) is 11.0. The van der Waals surface area contributed by atoms with Crippen molar-refractivity contribution in [1.29, 1.82) is 0 Å². The van der Waals surface area contributed by atoms with E-state index < -0.39 is 0 Å². The van der Waals surface area contributed by atoms with Crippen molar-refractivity contribution in [2.24, 2.45) is 0 Å². The van der Waals surface area contributed by atoms with Gasteiger partial charge >= 0.3 is 0 Å². The molecule has 0 spiro atoms. The molecule has 0 unspecified atom stereocenters. The second kappa shape index (κ2) is 8.55. The van der Waals surface area contributed by atoms with Gasteiger partial charge in [0.2, 0.25) is 0 Å². The van der Waals surface area contributed by atoms with E-state index in [4.69, 9.17) is 10.7 Å². The zero-order valence-corrected chi connectivity index (χ0v) is 18.4. The van der Waals surface area contributed by atoms with E-state index >= 15 is 0 Å².